The molecule has 1 atom stereocenters. The number of aromatic nitrogens is 3. The lowest BCUT2D eigenvalue weighted by Gasteiger charge is -2.12. The molecule has 1 aliphatic carbocycles. The van der Waals surface area contributed by atoms with Gasteiger partial charge in [0.2, 0.25) is 0 Å². The van der Waals surface area contributed by atoms with E-state index in [0.29, 0.717) is 17.0 Å². The van der Waals surface area contributed by atoms with Crippen molar-refractivity contribution in [2.45, 2.75) is 37.8 Å². The first-order chi connectivity index (χ1) is 13.7. The average molecular weight is 369 g/mol. The van der Waals surface area contributed by atoms with E-state index < -0.39 is 0 Å². The van der Waals surface area contributed by atoms with E-state index in [1.807, 2.05) is 16.9 Å². The van der Waals surface area contributed by atoms with Crippen LogP contribution in [-0.2, 0) is 6.54 Å². The molecule has 1 fully saturated rings. The number of carbonyl (C=O) groups is 1. The molecule has 0 radical (unpaired) electrons. The number of rotatable bonds is 4. The number of hydrogen-bond acceptors (Lipinski definition) is 4. The summed E-state index contributed by atoms with van der Waals surface area (Å²) >= 11 is 0. The van der Waals surface area contributed by atoms with Gasteiger partial charge in [-0.3, -0.25) is 14.5 Å². The van der Waals surface area contributed by atoms with Crippen LogP contribution in [0.15, 0.2) is 48.7 Å². The van der Waals surface area contributed by atoms with E-state index in [9.17, 15) is 4.79 Å². The largest absolute Gasteiger partial charge is 0.344 e. The Bertz CT molecular complexity index is 1110. The number of amides is 1. The molecule has 3 heterocycles. The van der Waals surface area contributed by atoms with Gasteiger partial charge in [-0.2, -0.15) is 10.4 Å². The fourth-order valence-electron chi connectivity index (χ4n) is 3.76. The average Bonchev–Trinajstić information content (AvgIpc) is 3.40. The Morgan fingerprint density at radius 3 is 2.89 bits per heavy atom. The molecular weight excluding hydrogens is 350 g/mol. The number of carbonyl (C=O) groups excluding carboxylic acids is 1. The molecule has 1 saturated carbocycles. The van der Waals surface area contributed by atoms with Crippen LogP contribution in [-0.4, -0.2) is 20.7 Å². The molecule has 1 amide bonds. The summed E-state index contributed by atoms with van der Waals surface area (Å²) in [7, 11) is 0. The second-order valence-electron chi connectivity index (χ2n) is 7.43. The molecule has 2 aliphatic rings. The van der Waals surface area contributed by atoms with Gasteiger partial charge in [0.25, 0.3) is 5.91 Å². The summed E-state index contributed by atoms with van der Waals surface area (Å²) in [6.07, 6.45) is 5.11. The third-order valence-corrected chi connectivity index (χ3v) is 5.43. The minimum absolute atomic E-state index is 0.0794. The van der Waals surface area contributed by atoms with Crippen LogP contribution in [0.5, 0.6) is 0 Å². The Kier molecular flexibility index (Phi) is 3.94. The third-order valence-electron chi connectivity index (χ3n) is 5.43. The van der Waals surface area contributed by atoms with Crippen LogP contribution in [0.25, 0.3) is 11.3 Å². The van der Waals surface area contributed by atoms with Crippen LogP contribution in [0.2, 0.25) is 0 Å². The Hall–Kier alpha value is -3.46. The minimum atomic E-state index is -0.168. The van der Waals surface area contributed by atoms with Gasteiger partial charge in [-0.25, -0.2) is 0 Å². The normalized spacial score (nSPS) is 17.8. The van der Waals surface area contributed by atoms with Gasteiger partial charge in [-0.1, -0.05) is 6.07 Å². The molecule has 28 heavy (non-hydrogen) atoms. The first-order valence-corrected chi connectivity index (χ1v) is 9.56. The zero-order chi connectivity index (χ0) is 19.1. The van der Waals surface area contributed by atoms with Crippen molar-refractivity contribution in [3.63, 3.8) is 0 Å². The van der Waals surface area contributed by atoms with Gasteiger partial charge in [0.1, 0.15) is 0 Å². The van der Waals surface area contributed by atoms with Crippen LogP contribution in [0.1, 0.15) is 58.5 Å². The van der Waals surface area contributed by atoms with Crippen molar-refractivity contribution >= 4 is 5.91 Å². The summed E-state index contributed by atoms with van der Waals surface area (Å²) in [6, 6.07) is 14.9. The first kappa shape index (κ1) is 16.7. The predicted octanol–water partition coefficient (Wildman–Crippen LogP) is 3.57. The summed E-state index contributed by atoms with van der Waals surface area (Å²) < 4.78 is 1.98. The number of pyridine rings is 1. The molecule has 0 saturated heterocycles. The predicted molar refractivity (Wildman–Crippen MR) is 103 cm³/mol. The van der Waals surface area contributed by atoms with Crippen LogP contribution >= 0.6 is 0 Å². The zero-order valence-electron chi connectivity index (χ0n) is 15.3. The smallest absolute Gasteiger partial charge is 0.251 e. The quantitative estimate of drug-likeness (QED) is 0.762. The second kappa shape index (κ2) is 6.61. The molecule has 1 N–H and O–H groups in total. The fourth-order valence-corrected chi connectivity index (χ4v) is 3.76. The van der Waals surface area contributed by atoms with Crippen LogP contribution < -0.4 is 5.32 Å². The molecule has 1 unspecified atom stereocenters. The lowest BCUT2D eigenvalue weighted by Crippen LogP contribution is -2.27. The summed E-state index contributed by atoms with van der Waals surface area (Å²) in [5, 5.41) is 16.8. The van der Waals surface area contributed by atoms with E-state index in [2.05, 4.69) is 28.5 Å². The van der Waals surface area contributed by atoms with Crippen molar-refractivity contribution in [3.8, 4) is 17.3 Å². The monoisotopic (exact) mass is 369 g/mol. The number of nitriles is 1. The van der Waals surface area contributed by atoms with Crippen molar-refractivity contribution < 1.29 is 4.79 Å². The summed E-state index contributed by atoms with van der Waals surface area (Å²) in [6.45, 7) is 0.777. The molecule has 0 spiro atoms. The lowest BCUT2D eigenvalue weighted by atomic mass is 10.1. The maximum atomic E-state index is 12.6. The Morgan fingerprint density at radius 1 is 1.18 bits per heavy atom. The molecule has 1 aromatic carbocycles. The number of benzene rings is 1. The number of nitrogens with one attached hydrogen (secondary N) is 1. The molecular formula is C22H19N5O. The van der Waals surface area contributed by atoms with Gasteiger partial charge < -0.3 is 5.32 Å². The van der Waals surface area contributed by atoms with Crippen LogP contribution in [0, 0.1) is 11.3 Å². The molecule has 2 aromatic heterocycles. The summed E-state index contributed by atoms with van der Waals surface area (Å²) in [5.74, 6) is 0.434. The Balaban J connectivity index is 1.37. The van der Waals surface area contributed by atoms with Crippen LogP contribution in [0.4, 0.5) is 0 Å². The van der Waals surface area contributed by atoms with E-state index in [1.54, 1.807) is 24.3 Å². The Morgan fingerprint density at radius 2 is 2.07 bits per heavy atom. The first-order valence-electron chi connectivity index (χ1n) is 9.56. The molecule has 138 valence electrons. The van der Waals surface area contributed by atoms with E-state index >= 15 is 0 Å². The maximum Gasteiger partial charge on any atom is 0.251 e. The highest BCUT2D eigenvalue weighted by Crippen LogP contribution is 2.40. The van der Waals surface area contributed by atoms with Gasteiger partial charge in [0, 0.05) is 35.5 Å². The number of nitrogens with zero attached hydrogens (tertiary/aromatic N) is 4. The molecule has 0 bridgehead atoms. The SMILES string of the molecule is N#Cc1cccc(C(=O)NC2CCn3nc(-c4ccnc(C5CC5)c4)cc32)c1. The zero-order valence-corrected chi connectivity index (χ0v) is 15.3. The lowest BCUT2D eigenvalue weighted by molar-refractivity contribution is 0.0936. The molecule has 3 aromatic rings. The van der Waals surface area contributed by atoms with E-state index in [1.165, 1.54) is 12.8 Å². The van der Waals surface area contributed by atoms with E-state index in [4.69, 9.17) is 10.4 Å². The van der Waals surface area contributed by atoms with E-state index in [0.717, 1.165) is 35.6 Å². The standard InChI is InChI=1S/C22H19N5O/c23-13-14-2-1-3-17(10-14)22(28)25-18-7-9-27-21(18)12-20(26-27)16-6-8-24-19(11-16)15-4-5-15/h1-3,6,8,10-12,15,18H,4-5,7,9H2,(H,25,28). The minimum Gasteiger partial charge on any atom is -0.344 e. The van der Waals surface area contributed by atoms with Crippen molar-refractivity contribution in [2.24, 2.45) is 0 Å². The van der Waals surface area contributed by atoms with Crippen LogP contribution in [0.3, 0.4) is 0 Å². The number of aryl methyl sites for hydroxylation is 1. The third kappa shape index (κ3) is 3.05. The van der Waals surface area contributed by atoms with Gasteiger partial charge in [-0.15, -0.1) is 0 Å². The van der Waals surface area contributed by atoms with Gasteiger partial charge in [0.05, 0.1) is 29.1 Å². The van der Waals surface area contributed by atoms with Crippen molar-refractivity contribution in [1.29, 1.82) is 5.26 Å². The van der Waals surface area contributed by atoms with Crippen molar-refractivity contribution in [2.75, 3.05) is 0 Å². The van der Waals surface area contributed by atoms with Crippen molar-refractivity contribution in [3.05, 3.63) is 71.2 Å². The second-order valence-corrected chi connectivity index (χ2v) is 7.43. The summed E-state index contributed by atoms with van der Waals surface area (Å²) in [5.41, 5.74) is 5.14. The molecule has 5 rings (SSSR count). The molecule has 6 heteroatoms. The highest BCUT2D eigenvalue weighted by molar-refractivity contribution is 5.94. The molecule has 1 aliphatic heterocycles. The number of hydrogen-bond donors (Lipinski definition) is 1. The Labute approximate surface area is 162 Å². The molecule has 6 nitrogen and oxygen atoms in total. The van der Waals surface area contributed by atoms with Crippen molar-refractivity contribution in [1.82, 2.24) is 20.1 Å². The van der Waals surface area contributed by atoms with E-state index in [-0.39, 0.29) is 11.9 Å². The summed E-state index contributed by atoms with van der Waals surface area (Å²) in [4.78, 5) is 17.1. The topological polar surface area (TPSA) is 83.6 Å². The highest BCUT2D eigenvalue weighted by atomic mass is 16.1. The highest BCUT2D eigenvalue weighted by Gasteiger charge is 2.28. The van der Waals surface area contributed by atoms with Gasteiger partial charge in [0.15, 0.2) is 0 Å². The van der Waals surface area contributed by atoms with Gasteiger partial charge >= 0.3 is 0 Å². The number of fused-ring (bicyclic) bond motifs is 1. The van der Waals surface area contributed by atoms with Gasteiger partial charge in [-0.05, 0) is 55.7 Å². The maximum absolute atomic E-state index is 12.6. The fraction of sp³-hybridized carbons (Fsp3) is 0.273.